The summed E-state index contributed by atoms with van der Waals surface area (Å²) in [5, 5.41) is 0. The number of amides is 1. The fourth-order valence-corrected chi connectivity index (χ4v) is 2.06. The van der Waals surface area contributed by atoms with Crippen molar-refractivity contribution in [2.75, 3.05) is 6.67 Å². The Morgan fingerprint density at radius 1 is 1.38 bits per heavy atom. The molecule has 88 valence electrons. The lowest BCUT2D eigenvalue weighted by Gasteiger charge is -2.09. The molecule has 0 aromatic heterocycles. The van der Waals surface area contributed by atoms with Crippen LogP contribution >= 0.6 is 0 Å². The first kappa shape index (κ1) is 12.6. The van der Waals surface area contributed by atoms with Crippen LogP contribution in [-0.4, -0.2) is 21.0 Å². The standard InChI is InChI=1S/C10H12FNO3S/c1-8(7-11)10(13)12-16(14,15)9-5-3-2-4-6-9/h2-6,8H,7H2,1H3,(H,12,13). The van der Waals surface area contributed by atoms with Gasteiger partial charge in [0.25, 0.3) is 10.0 Å². The van der Waals surface area contributed by atoms with Crippen molar-refractivity contribution < 1.29 is 17.6 Å². The lowest BCUT2D eigenvalue weighted by atomic mass is 10.2. The molecule has 1 rings (SSSR count). The summed E-state index contributed by atoms with van der Waals surface area (Å²) in [5.74, 6) is -1.81. The van der Waals surface area contributed by atoms with Crippen LogP contribution in [0.15, 0.2) is 35.2 Å². The molecule has 1 amide bonds. The fraction of sp³-hybridized carbons (Fsp3) is 0.300. The first-order valence-electron chi connectivity index (χ1n) is 4.65. The van der Waals surface area contributed by atoms with E-state index in [9.17, 15) is 17.6 Å². The van der Waals surface area contributed by atoms with E-state index in [1.165, 1.54) is 31.2 Å². The third-order valence-corrected chi connectivity index (χ3v) is 3.33. The Labute approximate surface area is 93.5 Å². The summed E-state index contributed by atoms with van der Waals surface area (Å²) in [6, 6.07) is 7.45. The second-order valence-corrected chi connectivity index (χ2v) is 5.02. The van der Waals surface area contributed by atoms with Crippen LogP contribution in [0.5, 0.6) is 0 Å². The van der Waals surface area contributed by atoms with Crippen molar-refractivity contribution in [3.05, 3.63) is 30.3 Å². The molecule has 1 aromatic rings. The third-order valence-electron chi connectivity index (χ3n) is 1.97. The highest BCUT2D eigenvalue weighted by atomic mass is 32.2. The Bertz CT molecular complexity index is 458. The van der Waals surface area contributed by atoms with E-state index in [1.807, 2.05) is 4.72 Å². The predicted molar refractivity (Wildman–Crippen MR) is 56.9 cm³/mol. The van der Waals surface area contributed by atoms with Gasteiger partial charge in [-0.05, 0) is 12.1 Å². The van der Waals surface area contributed by atoms with Crippen molar-refractivity contribution in [1.82, 2.24) is 4.72 Å². The largest absolute Gasteiger partial charge is 0.274 e. The molecule has 0 radical (unpaired) electrons. The van der Waals surface area contributed by atoms with Gasteiger partial charge in [0.2, 0.25) is 5.91 Å². The molecule has 0 heterocycles. The maximum Gasteiger partial charge on any atom is 0.264 e. The average Bonchev–Trinajstić information content (AvgIpc) is 2.28. The summed E-state index contributed by atoms with van der Waals surface area (Å²) in [6.07, 6.45) is 0. The highest BCUT2D eigenvalue weighted by Gasteiger charge is 2.21. The van der Waals surface area contributed by atoms with Crippen LogP contribution in [0.4, 0.5) is 4.39 Å². The van der Waals surface area contributed by atoms with Gasteiger partial charge in [-0.2, -0.15) is 0 Å². The molecule has 16 heavy (non-hydrogen) atoms. The van der Waals surface area contributed by atoms with E-state index in [1.54, 1.807) is 6.07 Å². The zero-order chi connectivity index (χ0) is 12.2. The lowest BCUT2D eigenvalue weighted by molar-refractivity contribution is -0.123. The minimum atomic E-state index is -3.88. The van der Waals surface area contributed by atoms with E-state index in [0.29, 0.717) is 0 Å². The normalized spacial score (nSPS) is 13.1. The second kappa shape index (κ2) is 5.07. The summed E-state index contributed by atoms with van der Waals surface area (Å²) >= 11 is 0. The van der Waals surface area contributed by atoms with E-state index in [2.05, 4.69) is 0 Å². The van der Waals surface area contributed by atoms with Gasteiger partial charge in [0.05, 0.1) is 10.8 Å². The summed E-state index contributed by atoms with van der Waals surface area (Å²) in [5.41, 5.74) is 0. The number of halogens is 1. The molecule has 0 spiro atoms. The topological polar surface area (TPSA) is 63.2 Å². The molecule has 1 N–H and O–H groups in total. The van der Waals surface area contributed by atoms with Crippen LogP contribution in [0.2, 0.25) is 0 Å². The zero-order valence-corrected chi connectivity index (χ0v) is 9.50. The van der Waals surface area contributed by atoms with Crippen molar-refractivity contribution in [2.24, 2.45) is 5.92 Å². The Balaban J connectivity index is 2.86. The van der Waals surface area contributed by atoms with Crippen LogP contribution in [0.25, 0.3) is 0 Å². The molecule has 0 aliphatic rings. The van der Waals surface area contributed by atoms with Crippen molar-refractivity contribution in [3.8, 4) is 0 Å². The van der Waals surface area contributed by atoms with Gasteiger partial charge in [-0.1, -0.05) is 25.1 Å². The van der Waals surface area contributed by atoms with Gasteiger partial charge in [0.15, 0.2) is 0 Å². The van der Waals surface area contributed by atoms with E-state index in [-0.39, 0.29) is 4.90 Å². The highest BCUT2D eigenvalue weighted by molar-refractivity contribution is 7.90. The number of carbonyl (C=O) groups is 1. The SMILES string of the molecule is CC(CF)C(=O)NS(=O)(=O)c1ccccc1. The molecule has 0 bridgehead atoms. The zero-order valence-electron chi connectivity index (χ0n) is 8.68. The molecule has 0 aliphatic carbocycles. The number of benzene rings is 1. The monoisotopic (exact) mass is 245 g/mol. The quantitative estimate of drug-likeness (QED) is 0.863. The molecule has 0 saturated heterocycles. The minimum absolute atomic E-state index is 0.0191. The summed E-state index contributed by atoms with van der Waals surface area (Å²) in [7, 11) is -3.88. The van der Waals surface area contributed by atoms with Gasteiger partial charge < -0.3 is 0 Å². The Hall–Kier alpha value is -1.43. The second-order valence-electron chi connectivity index (χ2n) is 3.34. The first-order chi connectivity index (χ1) is 7.47. The number of hydrogen-bond acceptors (Lipinski definition) is 3. The lowest BCUT2D eigenvalue weighted by Crippen LogP contribution is -2.35. The van der Waals surface area contributed by atoms with Crippen molar-refractivity contribution in [3.63, 3.8) is 0 Å². The van der Waals surface area contributed by atoms with Crippen LogP contribution in [0.1, 0.15) is 6.92 Å². The maximum atomic E-state index is 12.2. The Kier molecular flexibility index (Phi) is 4.00. The number of sulfonamides is 1. The average molecular weight is 245 g/mol. The highest BCUT2D eigenvalue weighted by Crippen LogP contribution is 2.08. The van der Waals surface area contributed by atoms with Gasteiger partial charge in [0.1, 0.15) is 6.67 Å². The van der Waals surface area contributed by atoms with E-state index >= 15 is 0 Å². The van der Waals surface area contributed by atoms with Crippen LogP contribution in [0.3, 0.4) is 0 Å². The summed E-state index contributed by atoms with van der Waals surface area (Å²) < 4.78 is 37.2. The first-order valence-corrected chi connectivity index (χ1v) is 6.13. The maximum absolute atomic E-state index is 12.2. The Morgan fingerprint density at radius 3 is 2.44 bits per heavy atom. The van der Waals surface area contributed by atoms with Gasteiger partial charge >= 0.3 is 0 Å². The molecule has 4 nitrogen and oxygen atoms in total. The smallest absolute Gasteiger partial charge is 0.264 e. The van der Waals surface area contributed by atoms with Gasteiger partial charge in [-0.25, -0.2) is 13.1 Å². The number of alkyl halides is 1. The fourth-order valence-electron chi connectivity index (χ4n) is 0.962. The predicted octanol–water partition coefficient (Wildman–Crippen LogP) is 1.10. The molecule has 1 atom stereocenters. The van der Waals surface area contributed by atoms with Gasteiger partial charge in [0, 0.05) is 0 Å². The van der Waals surface area contributed by atoms with E-state index in [0.717, 1.165) is 0 Å². The number of nitrogens with one attached hydrogen (secondary N) is 1. The number of carbonyl (C=O) groups excluding carboxylic acids is 1. The molecular weight excluding hydrogens is 233 g/mol. The molecule has 1 unspecified atom stereocenters. The molecule has 0 fully saturated rings. The number of hydrogen-bond donors (Lipinski definition) is 1. The van der Waals surface area contributed by atoms with Crippen molar-refractivity contribution in [2.45, 2.75) is 11.8 Å². The van der Waals surface area contributed by atoms with Crippen LogP contribution in [0, 0.1) is 5.92 Å². The van der Waals surface area contributed by atoms with E-state index < -0.39 is 28.5 Å². The molecule has 0 aliphatic heterocycles. The Morgan fingerprint density at radius 2 is 1.94 bits per heavy atom. The number of rotatable bonds is 4. The van der Waals surface area contributed by atoms with Crippen molar-refractivity contribution in [1.29, 1.82) is 0 Å². The molecule has 1 aromatic carbocycles. The van der Waals surface area contributed by atoms with Crippen LogP contribution < -0.4 is 4.72 Å². The van der Waals surface area contributed by atoms with Gasteiger partial charge in [-0.15, -0.1) is 0 Å². The summed E-state index contributed by atoms with van der Waals surface area (Å²) in [6.45, 7) is 0.423. The molecule has 0 saturated carbocycles. The molecular formula is C10H12FNO3S. The van der Waals surface area contributed by atoms with Crippen LogP contribution in [-0.2, 0) is 14.8 Å². The molecule has 6 heteroatoms. The van der Waals surface area contributed by atoms with Gasteiger partial charge in [-0.3, -0.25) is 9.18 Å². The van der Waals surface area contributed by atoms with Crippen molar-refractivity contribution >= 4 is 15.9 Å². The van der Waals surface area contributed by atoms with E-state index in [4.69, 9.17) is 0 Å². The summed E-state index contributed by atoms with van der Waals surface area (Å²) in [4.78, 5) is 11.2. The minimum Gasteiger partial charge on any atom is -0.274 e. The third kappa shape index (κ3) is 3.03.